The molecule has 2 N–H and O–H groups in total. The molecule has 2 saturated carbocycles. The fourth-order valence-electron chi connectivity index (χ4n) is 3.90. The van der Waals surface area contributed by atoms with Crippen LogP contribution in [0.2, 0.25) is 0 Å². The topological polar surface area (TPSA) is 58.2 Å². The number of amides is 2. The standard InChI is InChI=1S/C20H27FN2O2/c1-14-12-17(14)19(25)22-11-8-18(24)23-13-20(9-2-3-10-20)15-4-6-16(21)7-5-15/h4-7,14,17H,2-3,8-13H2,1H3,(H,22,25)(H,23,24). The lowest BCUT2D eigenvalue weighted by Gasteiger charge is -2.30. The smallest absolute Gasteiger partial charge is 0.223 e. The lowest BCUT2D eigenvalue weighted by molar-refractivity contribution is -0.123. The molecule has 0 bridgehead atoms. The van der Waals surface area contributed by atoms with Crippen molar-refractivity contribution in [2.75, 3.05) is 13.1 Å². The van der Waals surface area contributed by atoms with Crippen molar-refractivity contribution in [1.29, 1.82) is 0 Å². The highest BCUT2D eigenvalue weighted by Crippen LogP contribution is 2.40. The summed E-state index contributed by atoms with van der Waals surface area (Å²) < 4.78 is 13.2. The first-order valence-electron chi connectivity index (χ1n) is 9.31. The third-order valence-corrected chi connectivity index (χ3v) is 5.74. The average Bonchev–Trinajstić information content (AvgIpc) is 3.14. The molecule has 5 heteroatoms. The number of hydrogen-bond donors (Lipinski definition) is 2. The molecule has 2 aliphatic rings. The van der Waals surface area contributed by atoms with Crippen molar-refractivity contribution in [3.8, 4) is 0 Å². The highest BCUT2D eigenvalue weighted by atomic mass is 19.1. The third-order valence-electron chi connectivity index (χ3n) is 5.74. The van der Waals surface area contributed by atoms with E-state index in [1.54, 1.807) is 0 Å². The molecular formula is C20H27FN2O2. The van der Waals surface area contributed by atoms with Gasteiger partial charge in [0.1, 0.15) is 5.82 Å². The summed E-state index contributed by atoms with van der Waals surface area (Å²) >= 11 is 0. The Morgan fingerprint density at radius 2 is 1.80 bits per heavy atom. The van der Waals surface area contributed by atoms with Gasteiger partial charge in [-0.15, -0.1) is 0 Å². The van der Waals surface area contributed by atoms with Crippen molar-refractivity contribution >= 4 is 11.8 Å². The summed E-state index contributed by atoms with van der Waals surface area (Å²) in [5, 5.41) is 5.86. The van der Waals surface area contributed by atoms with Gasteiger partial charge in [-0.2, -0.15) is 0 Å². The minimum atomic E-state index is -0.235. The van der Waals surface area contributed by atoms with Crippen molar-refractivity contribution in [2.45, 2.75) is 50.9 Å². The lowest BCUT2D eigenvalue weighted by atomic mass is 9.79. The van der Waals surface area contributed by atoms with Gasteiger partial charge >= 0.3 is 0 Å². The fourth-order valence-corrected chi connectivity index (χ4v) is 3.90. The molecule has 0 saturated heterocycles. The molecule has 0 aromatic heterocycles. The molecule has 2 amide bonds. The van der Waals surface area contributed by atoms with Crippen LogP contribution in [0.5, 0.6) is 0 Å². The molecule has 2 unspecified atom stereocenters. The van der Waals surface area contributed by atoms with Crippen LogP contribution in [-0.4, -0.2) is 24.9 Å². The van der Waals surface area contributed by atoms with Gasteiger partial charge < -0.3 is 10.6 Å². The zero-order valence-corrected chi connectivity index (χ0v) is 14.8. The van der Waals surface area contributed by atoms with Crippen LogP contribution in [0.4, 0.5) is 4.39 Å². The summed E-state index contributed by atoms with van der Waals surface area (Å²) in [6.07, 6.45) is 5.53. The first-order chi connectivity index (χ1) is 12.0. The second-order valence-electron chi connectivity index (χ2n) is 7.63. The van der Waals surface area contributed by atoms with E-state index in [2.05, 4.69) is 17.6 Å². The summed E-state index contributed by atoms with van der Waals surface area (Å²) in [5.41, 5.74) is 1.01. The molecule has 0 aliphatic heterocycles. The molecule has 1 aromatic rings. The minimum absolute atomic E-state index is 0.0440. The van der Waals surface area contributed by atoms with E-state index in [1.807, 2.05) is 12.1 Å². The van der Waals surface area contributed by atoms with Gasteiger partial charge in [-0.25, -0.2) is 4.39 Å². The lowest BCUT2D eigenvalue weighted by Crippen LogP contribution is -2.40. The van der Waals surface area contributed by atoms with Crippen LogP contribution < -0.4 is 10.6 Å². The van der Waals surface area contributed by atoms with Crippen molar-refractivity contribution in [3.63, 3.8) is 0 Å². The maximum absolute atomic E-state index is 13.2. The minimum Gasteiger partial charge on any atom is -0.355 e. The molecule has 0 radical (unpaired) electrons. The molecule has 136 valence electrons. The van der Waals surface area contributed by atoms with Gasteiger partial charge in [0.05, 0.1) is 0 Å². The number of carbonyl (C=O) groups excluding carboxylic acids is 2. The summed E-state index contributed by atoms with van der Waals surface area (Å²) in [5.74, 6) is 0.410. The molecule has 0 spiro atoms. The Labute approximate surface area is 148 Å². The molecule has 4 nitrogen and oxygen atoms in total. The Balaban J connectivity index is 1.47. The fraction of sp³-hybridized carbons (Fsp3) is 0.600. The number of halogens is 1. The van der Waals surface area contributed by atoms with Crippen LogP contribution in [0.1, 0.15) is 51.0 Å². The Hall–Kier alpha value is -1.91. The van der Waals surface area contributed by atoms with Gasteiger partial charge in [0.2, 0.25) is 11.8 Å². The number of rotatable bonds is 7. The van der Waals surface area contributed by atoms with Gasteiger partial charge in [0.25, 0.3) is 0 Å². The molecular weight excluding hydrogens is 319 g/mol. The van der Waals surface area contributed by atoms with Crippen molar-refractivity contribution in [1.82, 2.24) is 10.6 Å². The van der Waals surface area contributed by atoms with Gasteiger partial charge in [0, 0.05) is 30.8 Å². The van der Waals surface area contributed by atoms with Crippen molar-refractivity contribution in [3.05, 3.63) is 35.6 Å². The maximum Gasteiger partial charge on any atom is 0.223 e. The van der Waals surface area contributed by atoms with E-state index in [0.29, 0.717) is 25.4 Å². The molecule has 3 rings (SSSR count). The average molecular weight is 346 g/mol. The molecule has 1 aromatic carbocycles. The van der Waals surface area contributed by atoms with Gasteiger partial charge in [-0.3, -0.25) is 9.59 Å². The highest BCUT2D eigenvalue weighted by Gasteiger charge is 2.39. The van der Waals surface area contributed by atoms with E-state index in [9.17, 15) is 14.0 Å². The second kappa shape index (κ2) is 7.54. The molecule has 0 heterocycles. The summed E-state index contributed by atoms with van der Waals surface area (Å²) in [6.45, 7) is 3.02. The van der Waals surface area contributed by atoms with E-state index in [1.165, 1.54) is 12.1 Å². The van der Waals surface area contributed by atoms with Gasteiger partial charge in [-0.05, 0) is 42.9 Å². The first-order valence-corrected chi connectivity index (χ1v) is 9.31. The van der Waals surface area contributed by atoms with Crippen LogP contribution in [-0.2, 0) is 15.0 Å². The quantitative estimate of drug-likeness (QED) is 0.797. The predicted octanol–water partition coefficient (Wildman–Crippen LogP) is 2.92. The Morgan fingerprint density at radius 1 is 1.16 bits per heavy atom. The molecule has 2 aliphatic carbocycles. The van der Waals surface area contributed by atoms with E-state index < -0.39 is 0 Å². The van der Waals surface area contributed by atoms with Crippen LogP contribution in [0.3, 0.4) is 0 Å². The van der Waals surface area contributed by atoms with Crippen molar-refractivity contribution in [2.24, 2.45) is 11.8 Å². The second-order valence-corrected chi connectivity index (χ2v) is 7.63. The van der Waals surface area contributed by atoms with Gasteiger partial charge in [0.15, 0.2) is 0 Å². The van der Waals surface area contributed by atoms with Crippen LogP contribution in [0, 0.1) is 17.7 Å². The van der Waals surface area contributed by atoms with E-state index in [4.69, 9.17) is 0 Å². The van der Waals surface area contributed by atoms with Crippen LogP contribution >= 0.6 is 0 Å². The summed E-state index contributed by atoms with van der Waals surface area (Å²) in [6, 6.07) is 6.66. The Bertz CT molecular complexity index is 623. The summed E-state index contributed by atoms with van der Waals surface area (Å²) in [4.78, 5) is 23.9. The van der Waals surface area contributed by atoms with Crippen molar-refractivity contribution < 1.29 is 14.0 Å². The monoisotopic (exact) mass is 346 g/mol. The van der Waals surface area contributed by atoms with E-state index >= 15 is 0 Å². The van der Waals surface area contributed by atoms with E-state index in [0.717, 1.165) is 37.7 Å². The zero-order chi connectivity index (χ0) is 17.9. The number of nitrogens with one attached hydrogen (secondary N) is 2. The number of hydrogen-bond acceptors (Lipinski definition) is 2. The zero-order valence-electron chi connectivity index (χ0n) is 14.8. The third kappa shape index (κ3) is 4.39. The first kappa shape index (κ1) is 17.9. The molecule has 25 heavy (non-hydrogen) atoms. The van der Waals surface area contributed by atoms with Crippen LogP contribution in [0.25, 0.3) is 0 Å². The molecule has 2 atom stereocenters. The van der Waals surface area contributed by atoms with E-state index in [-0.39, 0.29) is 29.0 Å². The molecule has 2 fully saturated rings. The van der Waals surface area contributed by atoms with Crippen LogP contribution in [0.15, 0.2) is 24.3 Å². The predicted molar refractivity (Wildman–Crippen MR) is 94.5 cm³/mol. The number of carbonyl (C=O) groups is 2. The largest absolute Gasteiger partial charge is 0.355 e. The normalized spacial score (nSPS) is 23.9. The maximum atomic E-state index is 13.2. The number of benzene rings is 1. The SMILES string of the molecule is CC1CC1C(=O)NCCC(=O)NCC1(c2ccc(F)cc2)CCCC1. The van der Waals surface area contributed by atoms with Gasteiger partial charge in [-0.1, -0.05) is 31.9 Å². The highest BCUT2D eigenvalue weighted by molar-refractivity contribution is 5.82. The Morgan fingerprint density at radius 3 is 2.40 bits per heavy atom. The Kier molecular flexibility index (Phi) is 5.40. The summed E-state index contributed by atoms with van der Waals surface area (Å²) in [7, 11) is 0.